The second-order valence-electron chi connectivity index (χ2n) is 2.59. The maximum absolute atomic E-state index is 9.23. The summed E-state index contributed by atoms with van der Waals surface area (Å²) in [6.07, 6.45) is 0. The molecule has 13 heavy (non-hydrogen) atoms. The molecule has 2 nitrogen and oxygen atoms in total. The Bertz CT molecular complexity index is 450. The monoisotopic (exact) mass is 214 g/mol. The molecular formula is C9H7ClO2S. The minimum Gasteiger partial charge on any atom is -0.508 e. The maximum Gasteiger partial charge on any atom is 0.156 e. The van der Waals surface area contributed by atoms with Gasteiger partial charge in [0.25, 0.3) is 0 Å². The van der Waals surface area contributed by atoms with Crippen molar-refractivity contribution in [1.82, 2.24) is 0 Å². The number of benzene rings is 1. The Labute approximate surface area is 84.3 Å². The Balaban J connectivity index is 2.79. The van der Waals surface area contributed by atoms with E-state index in [1.54, 1.807) is 25.3 Å². The molecule has 0 aliphatic rings. The van der Waals surface area contributed by atoms with E-state index in [-0.39, 0.29) is 5.75 Å². The topological polar surface area (TPSA) is 29.5 Å². The van der Waals surface area contributed by atoms with Crippen LogP contribution in [-0.2, 0) is 0 Å². The Kier molecular flexibility index (Phi) is 2.06. The Morgan fingerprint density at radius 2 is 2.23 bits per heavy atom. The van der Waals surface area contributed by atoms with Crippen LogP contribution >= 0.6 is 22.9 Å². The lowest BCUT2D eigenvalue weighted by atomic mass is 10.2. The van der Waals surface area contributed by atoms with Crippen LogP contribution in [0.25, 0.3) is 10.1 Å². The van der Waals surface area contributed by atoms with Crippen molar-refractivity contribution < 1.29 is 9.84 Å². The van der Waals surface area contributed by atoms with E-state index in [2.05, 4.69) is 0 Å². The molecule has 0 saturated heterocycles. The van der Waals surface area contributed by atoms with Crippen molar-refractivity contribution in [3.05, 3.63) is 22.5 Å². The molecule has 0 saturated carbocycles. The molecule has 0 fully saturated rings. The fourth-order valence-electron chi connectivity index (χ4n) is 1.22. The van der Waals surface area contributed by atoms with Crippen LogP contribution in [0.4, 0.5) is 0 Å². The van der Waals surface area contributed by atoms with Crippen molar-refractivity contribution in [2.24, 2.45) is 0 Å². The predicted octanol–water partition coefficient (Wildman–Crippen LogP) is 3.27. The Hall–Kier alpha value is -0.930. The standard InChI is InChI=1S/C9H7ClO2S/c1-12-8-6-3-2-5(11)4-7(6)13-9(8)10/h2-4,11H,1H3. The number of fused-ring (bicyclic) bond motifs is 1. The molecule has 2 rings (SSSR count). The number of hydrogen-bond acceptors (Lipinski definition) is 3. The molecule has 1 heterocycles. The summed E-state index contributed by atoms with van der Waals surface area (Å²) in [4.78, 5) is 0. The second kappa shape index (κ2) is 3.09. The van der Waals surface area contributed by atoms with Crippen LogP contribution in [0.5, 0.6) is 11.5 Å². The number of rotatable bonds is 1. The summed E-state index contributed by atoms with van der Waals surface area (Å²) in [5.74, 6) is 0.926. The molecule has 0 spiro atoms. The Morgan fingerprint density at radius 3 is 2.92 bits per heavy atom. The third-order valence-electron chi connectivity index (χ3n) is 1.79. The van der Waals surface area contributed by atoms with Crippen molar-refractivity contribution in [2.45, 2.75) is 0 Å². The molecule has 0 amide bonds. The van der Waals surface area contributed by atoms with E-state index < -0.39 is 0 Å². The second-order valence-corrected chi connectivity index (χ2v) is 4.24. The highest BCUT2D eigenvalue weighted by Gasteiger charge is 2.10. The van der Waals surface area contributed by atoms with Crippen molar-refractivity contribution in [3.63, 3.8) is 0 Å². The predicted molar refractivity (Wildman–Crippen MR) is 55.1 cm³/mol. The lowest BCUT2D eigenvalue weighted by Gasteiger charge is -1.97. The molecule has 0 bridgehead atoms. The number of ether oxygens (including phenoxy) is 1. The number of hydrogen-bond donors (Lipinski definition) is 1. The zero-order valence-electron chi connectivity index (χ0n) is 6.87. The molecule has 0 aliphatic carbocycles. The van der Waals surface area contributed by atoms with Crippen LogP contribution in [0.2, 0.25) is 4.34 Å². The first-order valence-electron chi connectivity index (χ1n) is 3.67. The number of phenolic OH excluding ortho intramolecular Hbond substituents is 1. The van der Waals surface area contributed by atoms with E-state index in [0.29, 0.717) is 10.1 Å². The SMILES string of the molecule is COc1c(Cl)sc2cc(O)ccc12. The number of methoxy groups -OCH3 is 1. The fourth-order valence-corrected chi connectivity index (χ4v) is 2.58. The van der Waals surface area contributed by atoms with E-state index in [1.807, 2.05) is 0 Å². The van der Waals surface area contributed by atoms with Gasteiger partial charge in [-0.1, -0.05) is 11.6 Å². The van der Waals surface area contributed by atoms with Crippen molar-refractivity contribution in [2.75, 3.05) is 7.11 Å². The normalized spacial score (nSPS) is 10.6. The molecular weight excluding hydrogens is 208 g/mol. The molecule has 0 radical (unpaired) electrons. The summed E-state index contributed by atoms with van der Waals surface area (Å²) < 4.78 is 6.68. The van der Waals surface area contributed by atoms with Gasteiger partial charge in [-0.15, -0.1) is 11.3 Å². The van der Waals surface area contributed by atoms with Gasteiger partial charge in [-0.25, -0.2) is 0 Å². The summed E-state index contributed by atoms with van der Waals surface area (Å²) in [5, 5.41) is 10.2. The van der Waals surface area contributed by atoms with Gasteiger partial charge in [0.1, 0.15) is 10.1 Å². The van der Waals surface area contributed by atoms with E-state index >= 15 is 0 Å². The van der Waals surface area contributed by atoms with E-state index in [4.69, 9.17) is 16.3 Å². The molecule has 1 aromatic heterocycles. The van der Waals surface area contributed by atoms with Gasteiger partial charge in [-0.05, 0) is 18.2 Å². The third-order valence-corrected chi connectivity index (χ3v) is 3.12. The van der Waals surface area contributed by atoms with Gasteiger partial charge in [-0.2, -0.15) is 0 Å². The third kappa shape index (κ3) is 1.34. The smallest absolute Gasteiger partial charge is 0.156 e. The van der Waals surface area contributed by atoms with Crippen LogP contribution in [0.1, 0.15) is 0 Å². The average molecular weight is 215 g/mol. The molecule has 0 unspecified atom stereocenters. The van der Waals surface area contributed by atoms with Crippen LogP contribution in [-0.4, -0.2) is 12.2 Å². The zero-order valence-corrected chi connectivity index (χ0v) is 8.45. The molecule has 4 heteroatoms. The maximum atomic E-state index is 9.23. The number of phenols is 1. The number of halogens is 1. The van der Waals surface area contributed by atoms with Gasteiger partial charge >= 0.3 is 0 Å². The summed E-state index contributed by atoms with van der Waals surface area (Å²) in [6.45, 7) is 0. The van der Waals surface area contributed by atoms with Gasteiger partial charge < -0.3 is 9.84 Å². The van der Waals surface area contributed by atoms with Crippen LogP contribution in [0.15, 0.2) is 18.2 Å². The largest absolute Gasteiger partial charge is 0.508 e. The lowest BCUT2D eigenvalue weighted by molar-refractivity contribution is 0.421. The quantitative estimate of drug-likeness (QED) is 0.790. The van der Waals surface area contributed by atoms with E-state index in [9.17, 15) is 5.11 Å². The summed E-state index contributed by atoms with van der Waals surface area (Å²) in [7, 11) is 1.58. The molecule has 68 valence electrons. The van der Waals surface area contributed by atoms with Crippen molar-refractivity contribution in [1.29, 1.82) is 0 Å². The van der Waals surface area contributed by atoms with Crippen molar-refractivity contribution in [3.8, 4) is 11.5 Å². The first-order valence-corrected chi connectivity index (χ1v) is 4.87. The minimum absolute atomic E-state index is 0.244. The fraction of sp³-hybridized carbons (Fsp3) is 0.111. The summed E-state index contributed by atoms with van der Waals surface area (Å²) >= 11 is 7.33. The summed E-state index contributed by atoms with van der Waals surface area (Å²) in [6, 6.07) is 5.09. The molecule has 0 aliphatic heterocycles. The molecule has 1 N–H and O–H groups in total. The highest BCUT2D eigenvalue weighted by Crippen LogP contribution is 2.42. The lowest BCUT2D eigenvalue weighted by Crippen LogP contribution is -1.79. The number of thiophene rings is 1. The van der Waals surface area contributed by atoms with Gasteiger partial charge in [-0.3, -0.25) is 0 Å². The molecule has 0 atom stereocenters. The summed E-state index contributed by atoms with van der Waals surface area (Å²) in [5.41, 5.74) is 0. The zero-order chi connectivity index (χ0) is 9.42. The Morgan fingerprint density at radius 1 is 1.46 bits per heavy atom. The minimum atomic E-state index is 0.244. The molecule has 2 aromatic rings. The van der Waals surface area contributed by atoms with Crippen LogP contribution in [0, 0.1) is 0 Å². The van der Waals surface area contributed by atoms with Crippen LogP contribution < -0.4 is 4.74 Å². The van der Waals surface area contributed by atoms with Gasteiger partial charge in [0.05, 0.1) is 7.11 Å². The van der Waals surface area contributed by atoms with Crippen LogP contribution in [0.3, 0.4) is 0 Å². The number of aromatic hydroxyl groups is 1. The molecule has 1 aromatic carbocycles. The average Bonchev–Trinajstić information content (AvgIpc) is 2.39. The van der Waals surface area contributed by atoms with Gasteiger partial charge in [0.15, 0.2) is 5.75 Å². The first-order chi connectivity index (χ1) is 6.22. The highest BCUT2D eigenvalue weighted by atomic mass is 35.5. The first kappa shape index (κ1) is 8.66. The van der Waals surface area contributed by atoms with Gasteiger partial charge in [0, 0.05) is 10.1 Å². The van der Waals surface area contributed by atoms with Gasteiger partial charge in [0.2, 0.25) is 0 Å². The highest BCUT2D eigenvalue weighted by molar-refractivity contribution is 7.23. The van der Waals surface area contributed by atoms with E-state index in [1.165, 1.54) is 11.3 Å². The van der Waals surface area contributed by atoms with E-state index in [0.717, 1.165) is 10.1 Å². The van der Waals surface area contributed by atoms with Crippen molar-refractivity contribution >= 4 is 33.0 Å².